The van der Waals surface area contributed by atoms with Gasteiger partial charge in [0.25, 0.3) is 0 Å². The molecule has 84 valence electrons. The van der Waals surface area contributed by atoms with Crippen molar-refractivity contribution in [1.29, 1.82) is 0 Å². The summed E-state index contributed by atoms with van der Waals surface area (Å²) in [6.07, 6.45) is 2.34. The van der Waals surface area contributed by atoms with Crippen LogP contribution in [-0.4, -0.2) is 44.5 Å². The molecule has 14 heavy (non-hydrogen) atoms. The van der Waals surface area contributed by atoms with E-state index in [2.05, 4.69) is 0 Å². The summed E-state index contributed by atoms with van der Waals surface area (Å²) in [5.41, 5.74) is 5.96. The van der Waals surface area contributed by atoms with Crippen LogP contribution in [0.3, 0.4) is 0 Å². The Kier molecular flexibility index (Phi) is 6.60. The molecule has 2 atom stereocenters. The van der Waals surface area contributed by atoms with Crippen LogP contribution in [0.25, 0.3) is 0 Å². The highest BCUT2D eigenvalue weighted by molar-refractivity contribution is 7.99. The topological polar surface area (TPSA) is 44.5 Å². The molecule has 1 rings (SSSR count). The average Bonchev–Trinajstić information content (AvgIpc) is 2.58. The summed E-state index contributed by atoms with van der Waals surface area (Å²) < 4.78 is 10.3. The predicted molar refractivity (Wildman–Crippen MR) is 60.7 cm³/mol. The Labute approximate surface area is 90.7 Å². The van der Waals surface area contributed by atoms with E-state index in [1.54, 1.807) is 7.11 Å². The minimum absolute atomic E-state index is 0.416. The van der Waals surface area contributed by atoms with Crippen LogP contribution < -0.4 is 5.73 Å². The van der Waals surface area contributed by atoms with Crippen molar-refractivity contribution in [3.63, 3.8) is 0 Å². The van der Waals surface area contributed by atoms with Crippen molar-refractivity contribution in [2.75, 3.05) is 38.4 Å². The Morgan fingerprint density at radius 2 is 2.14 bits per heavy atom. The molecule has 2 N–H and O–H groups in total. The van der Waals surface area contributed by atoms with Gasteiger partial charge in [0.05, 0.1) is 13.2 Å². The van der Waals surface area contributed by atoms with E-state index >= 15 is 0 Å². The van der Waals surface area contributed by atoms with E-state index in [1.165, 1.54) is 12.2 Å². The fourth-order valence-corrected chi connectivity index (χ4v) is 3.00. The first-order valence-corrected chi connectivity index (χ1v) is 6.40. The molecule has 0 aromatic rings. The Hall–Kier alpha value is 0.230. The van der Waals surface area contributed by atoms with E-state index in [9.17, 15) is 0 Å². The monoisotopic (exact) mass is 219 g/mol. The second-order valence-electron chi connectivity index (χ2n) is 3.71. The van der Waals surface area contributed by atoms with E-state index in [0.717, 1.165) is 18.8 Å². The van der Waals surface area contributed by atoms with Crippen molar-refractivity contribution < 1.29 is 9.47 Å². The van der Waals surface area contributed by atoms with Gasteiger partial charge in [-0.15, -0.1) is 0 Å². The summed E-state index contributed by atoms with van der Waals surface area (Å²) in [6.45, 7) is 2.25. The first-order valence-electron chi connectivity index (χ1n) is 5.24. The molecule has 1 aliphatic rings. The van der Waals surface area contributed by atoms with Gasteiger partial charge in [-0.2, -0.15) is 11.8 Å². The number of ether oxygens (including phenoxy) is 2. The summed E-state index contributed by atoms with van der Waals surface area (Å²) in [6, 6.07) is 0.416. The Bertz CT molecular complexity index is 146. The summed E-state index contributed by atoms with van der Waals surface area (Å²) in [5, 5.41) is 0. The number of hydrogen-bond acceptors (Lipinski definition) is 4. The van der Waals surface area contributed by atoms with Gasteiger partial charge in [-0.3, -0.25) is 0 Å². The van der Waals surface area contributed by atoms with Crippen LogP contribution in [0.15, 0.2) is 0 Å². The third kappa shape index (κ3) is 4.64. The fourth-order valence-electron chi connectivity index (χ4n) is 1.60. The van der Waals surface area contributed by atoms with Crippen molar-refractivity contribution in [3.8, 4) is 0 Å². The quantitative estimate of drug-likeness (QED) is 0.652. The second kappa shape index (κ2) is 7.51. The third-order valence-corrected chi connectivity index (χ3v) is 3.83. The molecule has 0 saturated carbocycles. The van der Waals surface area contributed by atoms with E-state index in [4.69, 9.17) is 15.2 Å². The first-order chi connectivity index (χ1) is 6.84. The minimum Gasteiger partial charge on any atom is -0.382 e. The van der Waals surface area contributed by atoms with Crippen LogP contribution in [-0.2, 0) is 9.47 Å². The van der Waals surface area contributed by atoms with Crippen LogP contribution in [0.2, 0.25) is 0 Å². The van der Waals surface area contributed by atoms with Crippen molar-refractivity contribution in [2.24, 2.45) is 11.7 Å². The highest BCUT2D eigenvalue weighted by atomic mass is 32.2. The maximum absolute atomic E-state index is 5.96. The van der Waals surface area contributed by atoms with Crippen LogP contribution in [0, 0.1) is 5.92 Å². The van der Waals surface area contributed by atoms with E-state index in [1.807, 2.05) is 11.8 Å². The highest BCUT2D eigenvalue weighted by Gasteiger charge is 2.23. The minimum atomic E-state index is 0.416. The number of methoxy groups -OCH3 is 1. The molecule has 0 amide bonds. The van der Waals surface area contributed by atoms with Gasteiger partial charge in [0.15, 0.2) is 0 Å². The normalized spacial score (nSPS) is 27.0. The molecule has 0 bridgehead atoms. The average molecular weight is 219 g/mol. The van der Waals surface area contributed by atoms with Gasteiger partial charge in [-0.25, -0.2) is 0 Å². The zero-order valence-electron chi connectivity index (χ0n) is 8.91. The highest BCUT2D eigenvalue weighted by Crippen LogP contribution is 2.26. The first kappa shape index (κ1) is 12.3. The molecule has 0 aromatic heterocycles. The van der Waals surface area contributed by atoms with Gasteiger partial charge in [-0.1, -0.05) is 0 Å². The van der Waals surface area contributed by atoms with Crippen molar-refractivity contribution >= 4 is 11.8 Å². The predicted octanol–water partition coefficient (Wildman–Crippen LogP) is 1.12. The summed E-state index contributed by atoms with van der Waals surface area (Å²) in [7, 11) is 1.69. The molecule has 4 heteroatoms. The van der Waals surface area contributed by atoms with Crippen molar-refractivity contribution in [2.45, 2.75) is 18.9 Å². The number of hydrogen-bond donors (Lipinski definition) is 1. The molecule has 2 unspecified atom stereocenters. The van der Waals surface area contributed by atoms with Crippen LogP contribution in [0.5, 0.6) is 0 Å². The Morgan fingerprint density at radius 1 is 1.29 bits per heavy atom. The third-order valence-electron chi connectivity index (χ3n) is 2.54. The molecule has 0 radical (unpaired) electrons. The summed E-state index contributed by atoms with van der Waals surface area (Å²) >= 11 is 1.98. The molecular formula is C10H21NO2S. The molecule has 1 fully saturated rings. The van der Waals surface area contributed by atoms with Gasteiger partial charge >= 0.3 is 0 Å². The molecule has 0 aliphatic carbocycles. The molecule has 0 aromatic carbocycles. The largest absolute Gasteiger partial charge is 0.382 e. The Balaban J connectivity index is 1.88. The van der Waals surface area contributed by atoms with Crippen molar-refractivity contribution in [1.82, 2.24) is 0 Å². The summed E-state index contributed by atoms with van der Waals surface area (Å²) in [5.74, 6) is 3.08. The summed E-state index contributed by atoms with van der Waals surface area (Å²) in [4.78, 5) is 0. The molecule has 3 nitrogen and oxygen atoms in total. The Morgan fingerprint density at radius 3 is 2.79 bits per heavy atom. The molecule has 1 aliphatic heterocycles. The molecule has 1 saturated heterocycles. The number of nitrogens with two attached hydrogens (primary N) is 1. The molecular weight excluding hydrogens is 198 g/mol. The lowest BCUT2D eigenvalue weighted by atomic mass is 9.99. The van der Waals surface area contributed by atoms with Crippen LogP contribution in [0.4, 0.5) is 0 Å². The lowest BCUT2D eigenvalue weighted by Crippen LogP contribution is -2.28. The van der Waals surface area contributed by atoms with Gasteiger partial charge in [0, 0.05) is 25.5 Å². The smallest absolute Gasteiger partial charge is 0.0700 e. The maximum Gasteiger partial charge on any atom is 0.0700 e. The lowest BCUT2D eigenvalue weighted by molar-refractivity contribution is 0.0673. The van der Waals surface area contributed by atoms with E-state index < -0.39 is 0 Å². The molecule has 0 spiro atoms. The van der Waals surface area contributed by atoms with Gasteiger partial charge < -0.3 is 15.2 Å². The van der Waals surface area contributed by atoms with E-state index in [-0.39, 0.29) is 0 Å². The van der Waals surface area contributed by atoms with Gasteiger partial charge in [0.1, 0.15) is 0 Å². The zero-order chi connectivity index (χ0) is 10.2. The van der Waals surface area contributed by atoms with Gasteiger partial charge in [0.2, 0.25) is 0 Å². The maximum atomic E-state index is 5.96. The number of rotatable bonds is 7. The SMILES string of the molecule is COCCOCCCC1CSCC1N. The van der Waals surface area contributed by atoms with Crippen molar-refractivity contribution in [3.05, 3.63) is 0 Å². The van der Waals surface area contributed by atoms with Gasteiger partial charge in [-0.05, 0) is 24.5 Å². The van der Waals surface area contributed by atoms with Crippen LogP contribution >= 0.6 is 11.8 Å². The zero-order valence-corrected chi connectivity index (χ0v) is 9.72. The lowest BCUT2D eigenvalue weighted by Gasteiger charge is -2.13. The molecule has 1 heterocycles. The second-order valence-corrected chi connectivity index (χ2v) is 4.78. The fraction of sp³-hybridized carbons (Fsp3) is 1.00. The standard InChI is InChI=1S/C10H21NO2S/c1-12-5-6-13-4-2-3-9-7-14-8-10(9)11/h9-10H,2-8,11H2,1H3. The number of thioether (sulfide) groups is 1. The van der Waals surface area contributed by atoms with E-state index in [0.29, 0.717) is 25.2 Å². The van der Waals surface area contributed by atoms with Crippen LogP contribution in [0.1, 0.15) is 12.8 Å².